The molecule has 2 aromatic heterocycles. The van der Waals surface area contributed by atoms with Crippen LogP contribution < -0.4 is 5.32 Å². The monoisotopic (exact) mass is 434 g/mol. The molecule has 30 heavy (non-hydrogen) atoms. The predicted molar refractivity (Wildman–Crippen MR) is 116 cm³/mol. The fraction of sp³-hybridized carbons (Fsp3) is 0.500. The van der Waals surface area contributed by atoms with Gasteiger partial charge in [-0.15, -0.1) is 0 Å². The van der Waals surface area contributed by atoms with Gasteiger partial charge in [0.1, 0.15) is 5.82 Å². The van der Waals surface area contributed by atoms with Crippen molar-refractivity contribution in [2.24, 2.45) is 5.92 Å². The van der Waals surface area contributed by atoms with Gasteiger partial charge in [-0.25, -0.2) is 14.8 Å². The number of pyridine rings is 2. The molecule has 2 heterocycles. The van der Waals surface area contributed by atoms with Crippen molar-refractivity contribution in [3.63, 3.8) is 0 Å². The molecular formula is C22H28ClFN4O2. The van der Waals surface area contributed by atoms with E-state index in [0.717, 1.165) is 25.7 Å². The van der Waals surface area contributed by atoms with Crippen LogP contribution in [-0.2, 0) is 0 Å². The molecule has 0 unspecified atom stereocenters. The van der Waals surface area contributed by atoms with Crippen LogP contribution in [0, 0.1) is 11.9 Å². The van der Waals surface area contributed by atoms with Crippen LogP contribution in [0.2, 0.25) is 5.02 Å². The van der Waals surface area contributed by atoms with Crippen LogP contribution in [0.3, 0.4) is 0 Å². The Morgan fingerprint density at radius 2 is 2.00 bits per heavy atom. The molecule has 0 spiro atoms. The molecule has 2 N–H and O–H groups in total. The van der Waals surface area contributed by atoms with Gasteiger partial charge in [0.2, 0.25) is 5.95 Å². The third kappa shape index (κ3) is 5.59. The summed E-state index contributed by atoms with van der Waals surface area (Å²) in [5.41, 5.74) is 0.685. The summed E-state index contributed by atoms with van der Waals surface area (Å²) in [5.74, 6) is 0.466. The maximum absolute atomic E-state index is 13.5. The van der Waals surface area contributed by atoms with Gasteiger partial charge in [-0.05, 0) is 70.6 Å². The van der Waals surface area contributed by atoms with Crippen molar-refractivity contribution in [3.05, 3.63) is 41.4 Å². The fourth-order valence-electron chi connectivity index (χ4n) is 3.87. The van der Waals surface area contributed by atoms with E-state index in [-0.39, 0.29) is 6.04 Å². The number of carboxylic acid groups (broad SMARTS) is 1. The highest BCUT2D eigenvalue weighted by Gasteiger charge is 2.30. The van der Waals surface area contributed by atoms with Crippen LogP contribution >= 0.6 is 11.6 Å². The van der Waals surface area contributed by atoms with Crippen molar-refractivity contribution in [3.8, 4) is 11.3 Å². The molecule has 1 saturated carbocycles. The van der Waals surface area contributed by atoms with Crippen LogP contribution in [0.25, 0.3) is 11.3 Å². The molecule has 0 saturated heterocycles. The first-order valence-corrected chi connectivity index (χ1v) is 10.6. The molecule has 0 aromatic carbocycles. The number of amides is 1. The summed E-state index contributed by atoms with van der Waals surface area (Å²) in [6.07, 6.45) is 4.44. The molecule has 162 valence electrons. The van der Waals surface area contributed by atoms with Crippen LogP contribution in [0.1, 0.15) is 46.5 Å². The molecule has 1 aliphatic rings. The summed E-state index contributed by atoms with van der Waals surface area (Å²) in [5, 5.41) is 13.4. The van der Waals surface area contributed by atoms with E-state index in [2.05, 4.69) is 15.3 Å². The number of anilines is 1. The van der Waals surface area contributed by atoms with Gasteiger partial charge in [0.25, 0.3) is 0 Å². The highest BCUT2D eigenvalue weighted by Crippen LogP contribution is 2.31. The van der Waals surface area contributed by atoms with E-state index < -0.39 is 17.6 Å². The zero-order chi connectivity index (χ0) is 21.9. The van der Waals surface area contributed by atoms with Crippen molar-refractivity contribution in [1.29, 1.82) is 0 Å². The number of carbonyl (C=O) groups is 1. The van der Waals surface area contributed by atoms with Gasteiger partial charge in [0.05, 0.1) is 10.7 Å². The van der Waals surface area contributed by atoms with Crippen molar-refractivity contribution in [2.75, 3.05) is 11.9 Å². The molecule has 0 bridgehead atoms. The van der Waals surface area contributed by atoms with Gasteiger partial charge >= 0.3 is 6.09 Å². The largest absolute Gasteiger partial charge is 0.465 e. The maximum atomic E-state index is 13.5. The van der Waals surface area contributed by atoms with Crippen molar-refractivity contribution >= 4 is 23.5 Å². The Morgan fingerprint density at radius 3 is 2.60 bits per heavy atom. The van der Waals surface area contributed by atoms with Gasteiger partial charge in [0.15, 0.2) is 0 Å². The minimum Gasteiger partial charge on any atom is -0.465 e. The van der Waals surface area contributed by atoms with E-state index in [1.807, 2.05) is 20.8 Å². The zero-order valence-corrected chi connectivity index (χ0v) is 18.3. The molecule has 3 rings (SSSR count). The van der Waals surface area contributed by atoms with E-state index in [0.29, 0.717) is 34.6 Å². The van der Waals surface area contributed by atoms with E-state index in [1.165, 1.54) is 11.0 Å². The SMILES string of the molecule is CC(C)(C)N(CC1CCC(Nc2cc(-c3cccc(F)n3)c(Cl)cn2)CC1)C(=O)O. The van der Waals surface area contributed by atoms with Crippen molar-refractivity contribution in [1.82, 2.24) is 14.9 Å². The minimum absolute atomic E-state index is 0.246. The summed E-state index contributed by atoms with van der Waals surface area (Å²) in [6, 6.07) is 6.64. The third-order valence-corrected chi connectivity index (χ3v) is 5.83. The quantitative estimate of drug-likeness (QED) is 0.591. The highest BCUT2D eigenvalue weighted by molar-refractivity contribution is 6.33. The average molecular weight is 435 g/mol. The lowest BCUT2D eigenvalue weighted by Crippen LogP contribution is -2.48. The molecule has 1 fully saturated rings. The maximum Gasteiger partial charge on any atom is 0.407 e. The second kappa shape index (κ2) is 9.16. The first-order valence-electron chi connectivity index (χ1n) is 10.2. The van der Waals surface area contributed by atoms with Crippen LogP contribution in [0.5, 0.6) is 0 Å². The molecule has 6 nitrogen and oxygen atoms in total. The van der Waals surface area contributed by atoms with Gasteiger partial charge in [-0.2, -0.15) is 4.39 Å². The number of nitrogens with one attached hydrogen (secondary N) is 1. The summed E-state index contributed by atoms with van der Waals surface area (Å²) < 4.78 is 13.5. The predicted octanol–water partition coefficient (Wildman–Crippen LogP) is 5.69. The molecular weight excluding hydrogens is 407 g/mol. The molecule has 8 heteroatoms. The molecule has 0 radical (unpaired) electrons. The lowest BCUT2D eigenvalue weighted by molar-refractivity contribution is 0.0826. The van der Waals surface area contributed by atoms with Gasteiger partial charge in [-0.1, -0.05) is 17.7 Å². The molecule has 1 amide bonds. The van der Waals surface area contributed by atoms with Crippen molar-refractivity contribution < 1.29 is 14.3 Å². The summed E-state index contributed by atoms with van der Waals surface area (Å²) in [4.78, 5) is 21.4. The van der Waals surface area contributed by atoms with E-state index in [9.17, 15) is 14.3 Å². The smallest absolute Gasteiger partial charge is 0.407 e. The van der Waals surface area contributed by atoms with Gasteiger partial charge in [-0.3, -0.25) is 0 Å². The number of rotatable bonds is 5. The number of nitrogens with zero attached hydrogens (tertiary/aromatic N) is 3. The molecule has 0 aliphatic heterocycles. The van der Waals surface area contributed by atoms with E-state index >= 15 is 0 Å². The minimum atomic E-state index is -0.869. The first kappa shape index (κ1) is 22.3. The standard InChI is InChI=1S/C22H28ClFN4O2/c1-22(2,3)28(21(29)30)13-14-7-9-15(10-8-14)26-20-11-16(17(23)12-25-20)18-5-4-6-19(24)27-18/h4-6,11-12,14-15H,7-10,13H2,1-3H3,(H,25,26)(H,29,30). The second-order valence-corrected chi connectivity index (χ2v) is 9.23. The Hall–Kier alpha value is -2.41. The second-order valence-electron chi connectivity index (χ2n) is 8.82. The Labute approximate surface area is 181 Å². The molecule has 0 atom stereocenters. The number of halogens is 2. The first-order chi connectivity index (χ1) is 14.1. The number of aromatic nitrogens is 2. The Bertz CT molecular complexity index is 895. The Kier molecular flexibility index (Phi) is 6.81. The summed E-state index contributed by atoms with van der Waals surface area (Å²) in [6.45, 7) is 6.32. The Morgan fingerprint density at radius 1 is 1.30 bits per heavy atom. The molecule has 2 aromatic rings. The van der Waals surface area contributed by atoms with E-state index in [4.69, 9.17) is 11.6 Å². The fourth-order valence-corrected chi connectivity index (χ4v) is 4.07. The van der Waals surface area contributed by atoms with Crippen LogP contribution in [0.15, 0.2) is 30.5 Å². The van der Waals surface area contributed by atoms with Crippen LogP contribution in [-0.4, -0.2) is 44.2 Å². The third-order valence-electron chi connectivity index (χ3n) is 5.53. The van der Waals surface area contributed by atoms with Gasteiger partial charge in [0, 0.05) is 29.9 Å². The summed E-state index contributed by atoms with van der Waals surface area (Å²) in [7, 11) is 0. The number of hydrogen-bond donors (Lipinski definition) is 2. The van der Waals surface area contributed by atoms with Gasteiger partial charge < -0.3 is 15.3 Å². The Balaban J connectivity index is 1.61. The zero-order valence-electron chi connectivity index (χ0n) is 17.5. The summed E-state index contributed by atoms with van der Waals surface area (Å²) >= 11 is 6.25. The van der Waals surface area contributed by atoms with E-state index in [1.54, 1.807) is 24.4 Å². The van der Waals surface area contributed by atoms with Crippen LogP contribution in [0.4, 0.5) is 15.0 Å². The normalized spacial score (nSPS) is 19.4. The lowest BCUT2D eigenvalue weighted by atomic mass is 9.85. The number of hydrogen-bond acceptors (Lipinski definition) is 4. The average Bonchev–Trinajstić information content (AvgIpc) is 2.67. The highest BCUT2D eigenvalue weighted by atomic mass is 35.5. The topological polar surface area (TPSA) is 78.3 Å². The van der Waals surface area contributed by atoms with Crippen molar-refractivity contribution in [2.45, 2.75) is 58.0 Å². The lowest BCUT2D eigenvalue weighted by Gasteiger charge is -2.38. The molecule has 1 aliphatic carbocycles.